The number of nitrogens with zero attached hydrogens (tertiary/aromatic N) is 2. The van der Waals surface area contributed by atoms with E-state index in [1.54, 1.807) is 6.20 Å². The van der Waals surface area contributed by atoms with Crippen LogP contribution in [-0.4, -0.2) is 14.7 Å². The minimum Gasteiger partial charge on any atom is -0.390 e. The van der Waals surface area contributed by atoms with Crippen LogP contribution in [0.2, 0.25) is 0 Å². The molecule has 2 saturated carbocycles. The van der Waals surface area contributed by atoms with Crippen LogP contribution in [0, 0.1) is 11.8 Å². The van der Waals surface area contributed by atoms with Crippen molar-refractivity contribution in [2.45, 2.75) is 38.3 Å². The number of aliphatic hydroxyl groups is 1. The van der Waals surface area contributed by atoms with Gasteiger partial charge in [0.15, 0.2) is 0 Å². The highest BCUT2D eigenvalue weighted by Crippen LogP contribution is 2.52. The fourth-order valence-corrected chi connectivity index (χ4v) is 2.44. The highest BCUT2D eigenvalue weighted by Gasteiger charge is 2.42. The lowest BCUT2D eigenvalue weighted by Crippen LogP contribution is -2.15. The number of hydrogen-bond donors (Lipinski definition) is 1. The maximum Gasteiger partial charge on any atom is 0.0951 e. The van der Waals surface area contributed by atoms with Crippen LogP contribution in [0.25, 0.3) is 0 Å². The van der Waals surface area contributed by atoms with E-state index in [0.717, 1.165) is 17.5 Å². The molecule has 3 heteroatoms. The normalized spacial score (nSPS) is 21.9. The summed E-state index contributed by atoms with van der Waals surface area (Å²) < 4.78 is 2.22. The second-order valence-corrected chi connectivity index (χ2v) is 4.62. The average molecular weight is 192 g/mol. The molecule has 2 aliphatic rings. The summed E-state index contributed by atoms with van der Waals surface area (Å²) in [7, 11) is 0. The molecule has 1 heterocycles. The molecule has 1 aromatic heterocycles. The third-order valence-corrected chi connectivity index (χ3v) is 3.44. The topological polar surface area (TPSA) is 38.1 Å². The number of aromatic nitrogens is 2. The van der Waals surface area contributed by atoms with Gasteiger partial charge in [-0.05, 0) is 37.5 Å². The SMILES string of the molecule is OCc1cncn1C(C1CC1)C1CC1. The maximum absolute atomic E-state index is 9.20. The van der Waals surface area contributed by atoms with Crippen LogP contribution in [0.5, 0.6) is 0 Å². The maximum atomic E-state index is 9.20. The molecule has 2 aliphatic carbocycles. The number of aliphatic hydroxyl groups excluding tert-OH is 1. The van der Waals surface area contributed by atoms with Crippen molar-refractivity contribution in [3.05, 3.63) is 18.2 Å². The van der Waals surface area contributed by atoms with Gasteiger partial charge in [-0.15, -0.1) is 0 Å². The fraction of sp³-hybridized carbons (Fsp3) is 0.727. The van der Waals surface area contributed by atoms with Crippen molar-refractivity contribution < 1.29 is 5.11 Å². The summed E-state index contributed by atoms with van der Waals surface area (Å²) in [4.78, 5) is 4.14. The van der Waals surface area contributed by atoms with Crippen LogP contribution in [0.3, 0.4) is 0 Å². The van der Waals surface area contributed by atoms with E-state index in [-0.39, 0.29) is 6.61 Å². The van der Waals surface area contributed by atoms with Gasteiger partial charge in [0.25, 0.3) is 0 Å². The highest BCUT2D eigenvalue weighted by atomic mass is 16.3. The lowest BCUT2D eigenvalue weighted by atomic mass is 10.1. The van der Waals surface area contributed by atoms with Gasteiger partial charge in [0.05, 0.1) is 24.8 Å². The first kappa shape index (κ1) is 8.48. The predicted octanol–water partition coefficient (Wildman–Crippen LogP) is 1.74. The molecule has 2 fully saturated rings. The Morgan fingerprint density at radius 1 is 1.36 bits per heavy atom. The molecule has 0 amide bonds. The summed E-state index contributed by atoms with van der Waals surface area (Å²) in [6.07, 6.45) is 9.15. The molecule has 1 N–H and O–H groups in total. The van der Waals surface area contributed by atoms with Gasteiger partial charge >= 0.3 is 0 Å². The number of hydrogen-bond acceptors (Lipinski definition) is 2. The summed E-state index contributed by atoms with van der Waals surface area (Å²) in [5, 5.41) is 9.20. The Bertz CT molecular complexity index is 314. The molecule has 0 spiro atoms. The first-order valence-corrected chi connectivity index (χ1v) is 5.51. The molecule has 0 radical (unpaired) electrons. The zero-order valence-electron chi connectivity index (χ0n) is 8.26. The zero-order valence-corrected chi connectivity index (χ0v) is 8.26. The van der Waals surface area contributed by atoms with Crippen molar-refractivity contribution in [1.82, 2.24) is 9.55 Å². The third kappa shape index (κ3) is 1.36. The van der Waals surface area contributed by atoms with Crippen molar-refractivity contribution in [3.63, 3.8) is 0 Å². The highest BCUT2D eigenvalue weighted by molar-refractivity contribution is 5.05. The van der Waals surface area contributed by atoms with Crippen LogP contribution in [0.4, 0.5) is 0 Å². The first-order valence-electron chi connectivity index (χ1n) is 5.51. The van der Waals surface area contributed by atoms with Crippen LogP contribution in [-0.2, 0) is 6.61 Å². The molecule has 0 atom stereocenters. The summed E-state index contributed by atoms with van der Waals surface area (Å²) in [5.41, 5.74) is 0.980. The van der Waals surface area contributed by atoms with Gasteiger partial charge in [-0.1, -0.05) is 0 Å². The van der Waals surface area contributed by atoms with Crippen LogP contribution in [0.1, 0.15) is 37.4 Å². The Labute approximate surface area is 83.8 Å². The van der Waals surface area contributed by atoms with Gasteiger partial charge < -0.3 is 9.67 Å². The van der Waals surface area contributed by atoms with E-state index in [0.29, 0.717) is 6.04 Å². The smallest absolute Gasteiger partial charge is 0.0951 e. The monoisotopic (exact) mass is 192 g/mol. The average Bonchev–Trinajstić information content (AvgIpc) is 3.07. The molecule has 1 aromatic rings. The Kier molecular flexibility index (Phi) is 1.87. The Morgan fingerprint density at radius 2 is 2.00 bits per heavy atom. The van der Waals surface area contributed by atoms with E-state index in [1.807, 2.05) is 6.33 Å². The van der Waals surface area contributed by atoms with Gasteiger partial charge in [-0.2, -0.15) is 0 Å². The van der Waals surface area contributed by atoms with Crippen molar-refractivity contribution in [2.24, 2.45) is 11.8 Å². The molecule has 3 rings (SSSR count). The van der Waals surface area contributed by atoms with Crippen LogP contribution >= 0.6 is 0 Å². The second-order valence-electron chi connectivity index (χ2n) is 4.62. The zero-order chi connectivity index (χ0) is 9.54. The minimum absolute atomic E-state index is 0.121. The van der Waals surface area contributed by atoms with Gasteiger partial charge in [-0.3, -0.25) is 0 Å². The molecule has 0 bridgehead atoms. The van der Waals surface area contributed by atoms with Gasteiger partial charge in [-0.25, -0.2) is 4.98 Å². The molecule has 3 nitrogen and oxygen atoms in total. The van der Waals surface area contributed by atoms with Crippen molar-refractivity contribution >= 4 is 0 Å². The molecular weight excluding hydrogens is 176 g/mol. The quantitative estimate of drug-likeness (QED) is 0.789. The minimum atomic E-state index is 0.121. The molecule has 0 aromatic carbocycles. The molecule has 76 valence electrons. The Morgan fingerprint density at radius 3 is 2.50 bits per heavy atom. The van der Waals surface area contributed by atoms with E-state index in [9.17, 15) is 5.11 Å². The Balaban J connectivity index is 1.89. The number of imidazole rings is 1. The fourth-order valence-electron chi connectivity index (χ4n) is 2.44. The summed E-state index contributed by atoms with van der Waals surface area (Å²) in [6, 6.07) is 0.639. The summed E-state index contributed by atoms with van der Waals surface area (Å²) in [5.74, 6) is 1.73. The van der Waals surface area contributed by atoms with E-state index in [1.165, 1.54) is 25.7 Å². The van der Waals surface area contributed by atoms with E-state index in [2.05, 4.69) is 9.55 Å². The lowest BCUT2D eigenvalue weighted by Gasteiger charge is -2.19. The number of rotatable bonds is 4. The van der Waals surface area contributed by atoms with E-state index >= 15 is 0 Å². The van der Waals surface area contributed by atoms with Gasteiger partial charge in [0, 0.05) is 6.04 Å². The van der Waals surface area contributed by atoms with Crippen molar-refractivity contribution in [3.8, 4) is 0 Å². The van der Waals surface area contributed by atoms with E-state index in [4.69, 9.17) is 0 Å². The van der Waals surface area contributed by atoms with Gasteiger partial charge in [0.1, 0.15) is 0 Å². The molecule has 0 saturated heterocycles. The van der Waals surface area contributed by atoms with Crippen molar-refractivity contribution in [2.75, 3.05) is 0 Å². The molecule has 14 heavy (non-hydrogen) atoms. The largest absolute Gasteiger partial charge is 0.390 e. The molecule has 0 unspecified atom stereocenters. The molecule has 0 aliphatic heterocycles. The third-order valence-electron chi connectivity index (χ3n) is 3.44. The Hall–Kier alpha value is -0.830. The van der Waals surface area contributed by atoms with Gasteiger partial charge in [0.2, 0.25) is 0 Å². The summed E-state index contributed by atoms with van der Waals surface area (Å²) >= 11 is 0. The molecular formula is C11H16N2O. The predicted molar refractivity (Wildman–Crippen MR) is 52.6 cm³/mol. The standard InChI is InChI=1S/C11H16N2O/c14-6-10-5-12-7-13(10)11(8-1-2-8)9-3-4-9/h5,7-9,11,14H,1-4,6H2. The lowest BCUT2D eigenvalue weighted by molar-refractivity contribution is 0.259. The first-order chi connectivity index (χ1) is 6.90. The van der Waals surface area contributed by atoms with Crippen molar-refractivity contribution in [1.29, 1.82) is 0 Å². The van der Waals surface area contributed by atoms with E-state index < -0.39 is 0 Å². The summed E-state index contributed by atoms with van der Waals surface area (Å²) in [6.45, 7) is 0.121. The second kappa shape index (κ2) is 3.09. The van der Waals surface area contributed by atoms with Crippen LogP contribution < -0.4 is 0 Å². The van der Waals surface area contributed by atoms with Crippen LogP contribution in [0.15, 0.2) is 12.5 Å².